The van der Waals surface area contributed by atoms with Crippen molar-refractivity contribution in [3.05, 3.63) is 47.0 Å². The lowest BCUT2D eigenvalue weighted by atomic mass is 10.2. The zero-order chi connectivity index (χ0) is 23.6. The molecule has 2 amide bonds. The Bertz CT molecular complexity index is 1120. The molecule has 2 rings (SSSR count). The summed E-state index contributed by atoms with van der Waals surface area (Å²) >= 11 is 22.5. The maximum atomic E-state index is 12.9. The fourth-order valence-corrected chi connectivity index (χ4v) is 4.75. The van der Waals surface area contributed by atoms with Gasteiger partial charge in [0.2, 0.25) is 5.91 Å². The summed E-state index contributed by atoms with van der Waals surface area (Å²) in [6.07, 6.45) is 0.00308. The van der Waals surface area contributed by atoms with Crippen LogP contribution in [0.4, 0.5) is 11.4 Å². The second-order valence-electron chi connectivity index (χ2n) is 6.55. The van der Waals surface area contributed by atoms with Crippen LogP contribution in [0.2, 0.25) is 5.02 Å². The van der Waals surface area contributed by atoms with Crippen LogP contribution in [0, 0.1) is 6.92 Å². The minimum absolute atomic E-state index is 0.00308. The molecule has 1 unspecified atom stereocenters. The topological polar surface area (TPSA) is 113 Å². The van der Waals surface area contributed by atoms with Crippen LogP contribution in [0.25, 0.3) is 0 Å². The third-order valence-electron chi connectivity index (χ3n) is 4.20. The van der Waals surface area contributed by atoms with Crippen molar-refractivity contribution in [2.45, 2.75) is 34.2 Å². The van der Waals surface area contributed by atoms with E-state index in [0.29, 0.717) is 0 Å². The standard InChI is InChI=1S/C19H18Cl4N2O5S/c1-3-16(31(29,30)11-6-4-5-10(2)7-11)17(27)24-13-9-15(26)14(8-12(13)20)25-18(28)19(21,22)23/h4-9,16,26H,3H2,1-2H3,(H,24,27)(H,25,28). The van der Waals surface area contributed by atoms with E-state index in [1.807, 2.05) is 0 Å². The lowest BCUT2D eigenvalue weighted by molar-refractivity contribution is -0.116. The summed E-state index contributed by atoms with van der Waals surface area (Å²) in [5, 5.41) is 13.2. The number of benzene rings is 2. The lowest BCUT2D eigenvalue weighted by Crippen LogP contribution is -2.34. The molecule has 0 aliphatic heterocycles. The second kappa shape index (κ2) is 9.83. The average molecular weight is 528 g/mol. The molecule has 0 aliphatic rings. The van der Waals surface area contributed by atoms with E-state index in [1.165, 1.54) is 12.1 Å². The molecule has 0 aromatic heterocycles. The summed E-state index contributed by atoms with van der Waals surface area (Å²) in [7, 11) is -3.97. The summed E-state index contributed by atoms with van der Waals surface area (Å²) < 4.78 is 23.6. The first-order valence-electron chi connectivity index (χ1n) is 8.79. The average Bonchev–Trinajstić information content (AvgIpc) is 2.65. The third kappa shape index (κ3) is 6.17. The number of aryl methyl sites for hydroxylation is 1. The van der Waals surface area contributed by atoms with E-state index in [9.17, 15) is 23.1 Å². The summed E-state index contributed by atoms with van der Waals surface area (Å²) in [5.41, 5.74) is 0.504. The van der Waals surface area contributed by atoms with Gasteiger partial charge in [0.05, 0.1) is 21.3 Å². The van der Waals surface area contributed by atoms with Crippen LogP contribution in [0.3, 0.4) is 0 Å². The Morgan fingerprint density at radius 2 is 1.74 bits per heavy atom. The van der Waals surface area contributed by atoms with Crippen molar-refractivity contribution in [3.8, 4) is 5.75 Å². The molecule has 0 aliphatic carbocycles. The first-order chi connectivity index (χ1) is 14.3. The Balaban J connectivity index is 2.29. The van der Waals surface area contributed by atoms with Crippen molar-refractivity contribution in [3.63, 3.8) is 0 Å². The third-order valence-corrected chi connectivity index (χ3v) is 7.24. The fraction of sp³-hybridized carbons (Fsp3) is 0.263. The molecule has 7 nitrogen and oxygen atoms in total. The molecule has 1 atom stereocenters. The number of hydrogen-bond acceptors (Lipinski definition) is 5. The zero-order valence-corrected chi connectivity index (χ0v) is 20.1. The maximum Gasteiger partial charge on any atom is 0.276 e. The van der Waals surface area contributed by atoms with Gasteiger partial charge in [0.15, 0.2) is 9.84 Å². The van der Waals surface area contributed by atoms with Gasteiger partial charge in [-0.2, -0.15) is 0 Å². The summed E-state index contributed by atoms with van der Waals surface area (Å²) in [4.78, 5) is 24.5. The highest BCUT2D eigenvalue weighted by atomic mass is 35.6. The van der Waals surface area contributed by atoms with Crippen LogP contribution in [-0.2, 0) is 19.4 Å². The number of aromatic hydroxyl groups is 1. The summed E-state index contributed by atoms with van der Waals surface area (Å²) in [5.74, 6) is -2.35. The van der Waals surface area contributed by atoms with Crippen LogP contribution in [-0.4, -0.2) is 34.4 Å². The number of hydrogen-bond donors (Lipinski definition) is 3. The van der Waals surface area contributed by atoms with Crippen LogP contribution in [0.1, 0.15) is 18.9 Å². The maximum absolute atomic E-state index is 12.9. The van der Waals surface area contributed by atoms with Crippen molar-refractivity contribution in [1.29, 1.82) is 0 Å². The Labute approximate surface area is 199 Å². The van der Waals surface area contributed by atoms with Gasteiger partial charge in [-0.3, -0.25) is 9.59 Å². The van der Waals surface area contributed by atoms with Gasteiger partial charge >= 0.3 is 0 Å². The van der Waals surface area contributed by atoms with Gasteiger partial charge < -0.3 is 15.7 Å². The first kappa shape index (κ1) is 25.5. The number of carbonyl (C=O) groups is 2. The van der Waals surface area contributed by atoms with Crippen LogP contribution < -0.4 is 10.6 Å². The molecule has 3 N–H and O–H groups in total. The Kier molecular flexibility index (Phi) is 8.10. The van der Waals surface area contributed by atoms with Gasteiger partial charge in [-0.15, -0.1) is 0 Å². The number of nitrogens with one attached hydrogen (secondary N) is 2. The van der Waals surface area contributed by atoms with Crippen molar-refractivity contribution in [1.82, 2.24) is 0 Å². The lowest BCUT2D eigenvalue weighted by Gasteiger charge is -2.18. The highest BCUT2D eigenvalue weighted by Gasteiger charge is 2.34. The number of phenolic OH excluding ortho intramolecular Hbond substituents is 1. The second-order valence-corrected chi connectivity index (χ2v) is 11.4. The molecule has 0 saturated carbocycles. The summed E-state index contributed by atoms with van der Waals surface area (Å²) in [6, 6.07) is 8.39. The van der Waals surface area contributed by atoms with Gasteiger partial charge in [-0.1, -0.05) is 65.5 Å². The minimum Gasteiger partial charge on any atom is -0.506 e. The molecule has 2 aromatic carbocycles. The van der Waals surface area contributed by atoms with Gasteiger partial charge in [0.1, 0.15) is 11.0 Å². The van der Waals surface area contributed by atoms with Gasteiger partial charge in [-0.05, 0) is 37.1 Å². The molecule has 0 fully saturated rings. The van der Waals surface area contributed by atoms with E-state index in [2.05, 4.69) is 10.6 Å². The summed E-state index contributed by atoms with van der Waals surface area (Å²) in [6.45, 7) is 3.30. The van der Waals surface area contributed by atoms with Gasteiger partial charge in [0.25, 0.3) is 9.70 Å². The van der Waals surface area contributed by atoms with Crippen molar-refractivity contribution < 1.29 is 23.1 Å². The number of halogens is 4. The Hall–Kier alpha value is -1.71. The van der Waals surface area contributed by atoms with Crippen LogP contribution in [0.5, 0.6) is 5.75 Å². The highest BCUT2D eigenvalue weighted by molar-refractivity contribution is 7.92. The van der Waals surface area contributed by atoms with Crippen molar-refractivity contribution in [2.75, 3.05) is 10.6 Å². The molecular weight excluding hydrogens is 510 g/mol. The largest absolute Gasteiger partial charge is 0.506 e. The predicted molar refractivity (Wildman–Crippen MR) is 123 cm³/mol. The normalized spacial score (nSPS) is 12.8. The molecule has 0 saturated heterocycles. The molecule has 0 radical (unpaired) electrons. The minimum atomic E-state index is -3.97. The first-order valence-corrected chi connectivity index (χ1v) is 11.8. The van der Waals surface area contributed by atoms with Crippen molar-refractivity contribution >= 4 is 79.4 Å². The van der Waals surface area contributed by atoms with Crippen LogP contribution >= 0.6 is 46.4 Å². The van der Waals surface area contributed by atoms with Crippen LogP contribution in [0.15, 0.2) is 41.3 Å². The SMILES string of the molecule is CCC(C(=O)Nc1cc(O)c(NC(=O)C(Cl)(Cl)Cl)cc1Cl)S(=O)(=O)c1cccc(C)c1. The molecule has 0 spiro atoms. The molecule has 12 heteroatoms. The number of phenols is 1. The monoisotopic (exact) mass is 526 g/mol. The smallest absolute Gasteiger partial charge is 0.276 e. The molecular formula is C19H18Cl4N2O5S. The van der Waals surface area contributed by atoms with E-state index in [1.54, 1.807) is 26.0 Å². The molecule has 0 bridgehead atoms. The number of carbonyl (C=O) groups excluding carboxylic acids is 2. The number of anilines is 2. The number of rotatable bonds is 6. The molecule has 31 heavy (non-hydrogen) atoms. The van der Waals surface area contributed by atoms with E-state index in [0.717, 1.165) is 17.7 Å². The quantitative estimate of drug-likeness (QED) is 0.367. The number of sulfone groups is 1. The number of amides is 2. The predicted octanol–water partition coefficient (Wildman–Crippen LogP) is 4.85. The molecule has 0 heterocycles. The van der Waals surface area contributed by atoms with Gasteiger partial charge in [0, 0.05) is 6.07 Å². The Morgan fingerprint density at radius 1 is 1.10 bits per heavy atom. The van der Waals surface area contributed by atoms with E-state index in [-0.39, 0.29) is 27.7 Å². The molecule has 2 aromatic rings. The number of alkyl halides is 3. The van der Waals surface area contributed by atoms with E-state index < -0.39 is 36.4 Å². The Morgan fingerprint density at radius 3 is 2.29 bits per heavy atom. The fourth-order valence-electron chi connectivity index (χ4n) is 2.67. The van der Waals surface area contributed by atoms with E-state index in [4.69, 9.17) is 46.4 Å². The zero-order valence-electron chi connectivity index (χ0n) is 16.2. The molecule has 168 valence electrons. The van der Waals surface area contributed by atoms with Gasteiger partial charge in [-0.25, -0.2) is 8.42 Å². The van der Waals surface area contributed by atoms with E-state index >= 15 is 0 Å². The highest BCUT2D eigenvalue weighted by Crippen LogP contribution is 2.36. The van der Waals surface area contributed by atoms with Crippen molar-refractivity contribution in [2.24, 2.45) is 0 Å².